The van der Waals surface area contributed by atoms with E-state index < -0.39 is 11.9 Å². The van der Waals surface area contributed by atoms with Gasteiger partial charge in [-0.1, -0.05) is 6.07 Å². The smallest absolute Gasteiger partial charge is 0.336 e. The monoisotopic (exact) mass is 232 g/mol. The van der Waals surface area contributed by atoms with Gasteiger partial charge in [0.25, 0.3) is 0 Å². The van der Waals surface area contributed by atoms with Crippen LogP contribution in [-0.4, -0.2) is 32.3 Å². The molecule has 0 radical (unpaired) electrons. The second kappa shape index (κ2) is 4.09. The van der Waals surface area contributed by atoms with Crippen LogP contribution in [0.15, 0.2) is 30.5 Å². The average molecular weight is 232 g/mol. The molecule has 0 spiro atoms. The third-order valence-corrected chi connectivity index (χ3v) is 2.30. The lowest BCUT2D eigenvalue weighted by atomic mass is 9.98. The highest BCUT2D eigenvalue weighted by Gasteiger charge is 2.20. The second-order valence-electron chi connectivity index (χ2n) is 3.31. The topological polar surface area (TPSA) is 103 Å². The zero-order valence-corrected chi connectivity index (χ0v) is 8.54. The molecule has 0 saturated carbocycles. The number of benzene rings is 1. The standard InChI is InChI=1S/C11H8N2O4/c14-10(15)6-2-1-3-7(11(16)17)9(6)8-4-5-12-13-8/h1-5H,(H,12,13)(H,14,15)(H,16,17). The SMILES string of the molecule is O=C(O)c1cccc(C(=O)O)c1-c1ccn[nH]1. The number of aromatic amines is 1. The summed E-state index contributed by atoms with van der Waals surface area (Å²) in [6.07, 6.45) is 1.43. The molecule has 2 rings (SSSR count). The molecule has 0 bridgehead atoms. The van der Waals surface area contributed by atoms with Crippen LogP contribution in [0.1, 0.15) is 20.7 Å². The van der Waals surface area contributed by atoms with E-state index in [0.29, 0.717) is 5.69 Å². The summed E-state index contributed by atoms with van der Waals surface area (Å²) in [5, 5.41) is 24.3. The molecule has 86 valence electrons. The van der Waals surface area contributed by atoms with Crippen LogP contribution in [0, 0.1) is 0 Å². The zero-order chi connectivity index (χ0) is 12.4. The van der Waals surface area contributed by atoms with Gasteiger partial charge in [0, 0.05) is 11.8 Å². The lowest BCUT2D eigenvalue weighted by Gasteiger charge is -2.07. The van der Waals surface area contributed by atoms with Crippen molar-refractivity contribution in [1.29, 1.82) is 0 Å². The highest BCUT2D eigenvalue weighted by atomic mass is 16.4. The Kier molecular flexibility index (Phi) is 2.61. The molecular weight excluding hydrogens is 224 g/mol. The number of nitrogens with zero attached hydrogens (tertiary/aromatic N) is 1. The lowest BCUT2D eigenvalue weighted by molar-refractivity contribution is 0.0696. The first kappa shape index (κ1) is 10.9. The maximum Gasteiger partial charge on any atom is 0.336 e. The van der Waals surface area contributed by atoms with E-state index in [-0.39, 0.29) is 16.7 Å². The Morgan fingerprint density at radius 2 is 1.65 bits per heavy atom. The van der Waals surface area contributed by atoms with Crippen LogP contribution in [0.2, 0.25) is 0 Å². The summed E-state index contributed by atoms with van der Waals surface area (Å²) in [5.74, 6) is -2.37. The molecule has 0 unspecified atom stereocenters. The van der Waals surface area contributed by atoms with Gasteiger partial charge < -0.3 is 10.2 Å². The summed E-state index contributed by atoms with van der Waals surface area (Å²) in [6.45, 7) is 0. The van der Waals surface area contributed by atoms with Crippen LogP contribution in [0.3, 0.4) is 0 Å². The number of carboxylic acids is 2. The largest absolute Gasteiger partial charge is 0.478 e. The molecule has 0 saturated heterocycles. The van der Waals surface area contributed by atoms with Crippen LogP contribution in [0.5, 0.6) is 0 Å². The summed E-state index contributed by atoms with van der Waals surface area (Å²) in [6, 6.07) is 5.62. The van der Waals surface area contributed by atoms with Crippen molar-refractivity contribution in [1.82, 2.24) is 10.2 Å². The number of aromatic carboxylic acids is 2. The third kappa shape index (κ3) is 1.87. The summed E-state index contributed by atoms with van der Waals surface area (Å²) in [7, 11) is 0. The molecule has 0 aliphatic rings. The quantitative estimate of drug-likeness (QED) is 0.743. The number of rotatable bonds is 3. The molecule has 1 heterocycles. The molecule has 6 nitrogen and oxygen atoms in total. The van der Waals surface area contributed by atoms with Gasteiger partial charge in [-0.05, 0) is 18.2 Å². The normalized spacial score (nSPS) is 10.1. The highest BCUT2D eigenvalue weighted by Crippen LogP contribution is 2.26. The molecule has 0 aliphatic heterocycles. The van der Waals surface area contributed by atoms with Gasteiger partial charge in [-0.3, -0.25) is 5.10 Å². The fourth-order valence-corrected chi connectivity index (χ4v) is 1.59. The minimum Gasteiger partial charge on any atom is -0.478 e. The predicted molar refractivity (Wildman–Crippen MR) is 57.9 cm³/mol. The van der Waals surface area contributed by atoms with E-state index in [2.05, 4.69) is 10.2 Å². The van der Waals surface area contributed by atoms with Gasteiger partial charge in [-0.15, -0.1) is 0 Å². The number of H-pyrrole nitrogens is 1. The molecule has 0 atom stereocenters. The van der Waals surface area contributed by atoms with Gasteiger partial charge in [0.1, 0.15) is 0 Å². The Balaban J connectivity index is 2.76. The molecule has 0 amide bonds. The fourth-order valence-electron chi connectivity index (χ4n) is 1.59. The van der Waals surface area contributed by atoms with Crippen LogP contribution in [-0.2, 0) is 0 Å². The van der Waals surface area contributed by atoms with Crippen LogP contribution >= 0.6 is 0 Å². The number of nitrogens with one attached hydrogen (secondary N) is 1. The first-order valence-corrected chi connectivity index (χ1v) is 4.70. The minimum atomic E-state index is -1.18. The molecule has 0 fully saturated rings. The number of carboxylic acid groups (broad SMARTS) is 2. The number of hydrogen-bond acceptors (Lipinski definition) is 3. The van der Waals surface area contributed by atoms with Crippen molar-refractivity contribution < 1.29 is 19.8 Å². The van der Waals surface area contributed by atoms with Crippen LogP contribution < -0.4 is 0 Å². The summed E-state index contributed by atoms with van der Waals surface area (Å²) < 4.78 is 0. The molecule has 3 N–H and O–H groups in total. The minimum absolute atomic E-state index is 0.0749. The van der Waals surface area contributed by atoms with E-state index >= 15 is 0 Å². The Hall–Kier alpha value is -2.63. The predicted octanol–water partition coefficient (Wildman–Crippen LogP) is 1.47. The number of hydrogen-bond donors (Lipinski definition) is 3. The third-order valence-electron chi connectivity index (χ3n) is 2.30. The second-order valence-corrected chi connectivity index (χ2v) is 3.31. The Labute approximate surface area is 95.5 Å². The van der Waals surface area contributed by atoms with Crippen molar-refractivity contribution in [3.05, 3.63) is 41.6 Å². The zero-order valence-electron chi connectivity index (χ0n) is 8.54. The van der Waals surface area contributed by atoms with Crippen LogP contribution in [0.4, 0.5) is 0 Å². The van der Waals surface area contributed by atoms with Gasteiger partial charge in [-0.25, -0.2) is 9.59 Å². The lowest BCUT2D eigenvalue weighted by Crippen LogP contribution is -2.07. The average Bonchev–Trinajstić information content (AvgIpc) is 2.80. The Bertz CT molecular complexity index is 543. The van der Waals surface area contributed by atoms with Crippen molar-refractivity contribution >= 4 is 11.9 Å². The van der Waals surface area contributed by atoms with E-state index in [0.717, 1.165) is 0 Å². The highest BCUT2D eigenvalue weighted by molar-refractivity contribution is 6.04. The molecule has 1 aromatic heterocycles. The first-order valence-electron chi connectivity index (χ1n) is 4.70. The van der Waals surface area contributed by atoms with E-state index in [1.807, 2.05) is 0 Å². The van der Waals surface area contributed by atoms with Crippen LogP contribution in [0.25, 0.3) is 11.3 Å². The molecule has 17 heavy (non-hydrogen) atoms. The fraction of sp³-hybridized carbons (Fsp3) is 0. The van der Waals surface area contributed by atoms with Gasteiger partial charge in [0.2, 0.25) is 0 Å². The van der Waals surface area contributed by atoms with E-state index in [9.17, 15) is 9.59 Å². The molecule has 2 aromatic rings. The Morgan fingerprint density at radius 3 is 2.06 bits per heavy atom. The number of aromatic nitrogens is 2. The van der Waals surface area contributed by atoms with Crippen molar-refractivity contribution in [3.63, 3.8) is 0 Å². The van der Waals surface area contributed by atoms with E-state index in [4.69, 9.17) is 10.2 Å². The Morgan fingerprint density at radius 1 is 1.06 bits per heavy atom. The molecule has 0 aliphatic carbocycles. The first-order chi connectivity index (χ1) is 8.11. The van der Waals surface area contributed by atoms with Crippen molar-refractivity contribution in [2.75, 3.05) is 0 Å². The van der Waals surface area contributed by atoms with E-state index in [1.54, 1.807) is 0 Å². The van der Waals surface area contributed by atoms with Gasteiger partial charge in [-0.2, -0.15) is 5.10 Å². The summed E-state index contributed by atoms with van der Waals surface area (Å²) in [4.78, 5) is 22.1. The van der Waals surface area contributed by atoms with Crippen molar-refractivity contribution in [2.45, 2.75) is 0 Å². The summed E-state index contributed by atoms with van der Waals surface area (Å²) in [5.41, 5.74) is 0.341. The van der Waals surface area contributed by atoms with E-state index in [1.165, 1.54) is 30.5 Å². The number of carbonyl (C=O) groups is 2. The maximum absolute atomic E-state index is 11.1. The molecule has 6 heteroatoms. The maximum atomic E-state index is 11.1. The summed E-state index contributed by atoms with van der Waals surface area (Å²) >= 11 is 0. The van der Waals surface area contributed by atoms with Crippen molar-refractivity contribution in [2.24, 2.45) is 0 Å². The van der Waals surface area contributed by atoms with Gasteiger partial charge in [0.15, 0.2) is 0 Å². The van der Waals surface area contributed by atoms with Gasteiger partial charge in [0.05, 0.1) is 16.8 Å². The molecular formula is C11H8N2O4. The van der Waals surface area contributed by atoms with Crippen molar-refractivity contribution in [3.8, 4) is 11.3 Å². The van der Waals surface area contributed by atoms with Gasteiger partial charge >= 0.3 is 11.9 Å². The molecule has 1 aromatic carbocycles.